The topological polar surface area (TPSA) is 237 Å². The zero-order valence-electron chi connectivity index (χ0n) is 64.3. The molecule has 17 nitrogen and oxygen atoms in total. The maximum absolute atomic E-state index is 13.1. The number of rotatable bonds is 77. The maximum Gasteiger partial charge on any atom is 0.472 e. The van der Waals surface area contributed by atoms with Crippen LogP contribution in [0.2, 0.25) is 0 Å². The Kier molecular flexibility index (Phi) is 69.4. The lowest BCUT2D eigenvalue weighted by atomic mass is 10.0. The van der Waals surface area contributed by atoms with E-state index in [2.05, 4.69) is 65.8 Å². The van der Waals surface area contributed by atoms with Crippen molar-refractivity contribution in [1.29, 1.82) is 0 Å². The van der Waals surface area contributed by atoms with E-state index in [9.17, 15) is 43.2 Å². The monoisotopic (exact) mass is 1450 g/mol. The van der Waals surface area contributed by atoms with Crippen LogP contribution in [0, 0.1) is 11.8 Å². The minimum atomic E-state index is -4.97. The summed E-state index contributed by atoms with van der Waals surface area (Å²) in [4.78, 5) is 73.0. The van der Waals surface area contributed by atoms with Crippen molar-refractivity contribution >= 4 is 39.5 Å². The van der Waals surface area contributed by atoms with Gasteiger partial charge in [-0.25, -0.2) is 9.13 Å². The molecule has 0 radical (unpaired) electrons. The minimum Gasteiger partial charge on any atom is -0.462 e. The number of carbonyl (C=O) groups is 4. The molecule has 0 saturated carbocycles. The van der Waals surface area contributed by atoms with Crippen LogP contribution in [0.3, 0.4) is 0 Å². The van der Waals surface area contributed by atoms with Crippen molar-refractivity contribution < 1.29 is 80.2 Å². The van der Waals surface area contributed by atoms with Gasteiger partial charge in [0.25, 0.3) is 0 Å². The molecule has 584 valence electrons. The first-order chi connectivity index (χ1) is 47.9. The van der Waals surface area contributed by atoms with Gasteiger partial charge in [-0.3, -0.25) is 37.3 Å². The highest BCUT2D eigenvalue weighted by Crippen LogP contribution is 2.45. The van der Waals surface area contributed by atoms with Gasteiger partial charge >= 0.3 is 39.5 Å². The molecule has 0 aromatic heterocycles. The van der Waals surface area contributed by atoms with E-state index in [-0.39, 0.29) is 25.7 Å². The molecule has 3 N–H and O–H groups in total. The molecule has 0 amide bonds. The Labute approximate surface area is 605 Å². The lowest BCUT2D eigenvalue weighted by Gasteiger charge is -2.21. The van der Waals surface area contributed by atoms with Crippen LogP contribution in [0.1, 0.15) is 395 Å². The molecule has 0 heterocycles. The average Bonchev–Trinajstić information content (AvgIpc) is 0.962. The summed E-state index contributed by atoms with van der Waals surface area (Å²) in [6.45, 7) is 9.55. The first-order valence-corrected chi connectivity index (χ1v) is 43.8. The van der Waals surface area contributed by atoms with Gasteiger partial charge in [0.15, 0.2) is 12.2 Å². The maximum atomic E-state index is 13.1. The van der Waals surface area contributed by atoms with Gasteiger partial charge in [0.2, 0.25) is 0 Å². The predicted molar refractivity (Wildman–Crippen MR) is 404 cm³/mol. The molecular formula is C80H152O17P2. The van der Waals surface area contributed by atoms with Crippen molar-refractivity contribution in [2.45, 2.75) is 413 Å². The van der Waals surface area contributed by atoms with Gasteiger partial charge in [0.05, 0.1) is 26.4 Å². The fraction of sp³-hybridized carbons (Fsp3) is 0.900. The Morgan fingerprint density at radius 1 is 0.313 bits per heavy atom. The third kappa shape index (κ3) is 73.6. The van der Waals surface area contributed by atoms with E-state index < -0.39 is 97.5 Å². The summed E-state index contributed by atoms with van der Waals surface area (Å²) < 4.78 is 68.7. The second-order valence-electron chi connectivity index (χ2n) is 29.1. The quantitative estimate of drug-likeness (QED) is 0.0169. The van der Waals surface area contributed by atoms with Crippen LogP contribution >= 0.6 is 15.6 Å². The van der Waals surface area contributed by atoms with E-state index in [0.717, 1.165) is 121 Å². The molecule has 0 aromatic carbocycles. The number of ether oxygens (including phenoxy) is 4. The number of aliphatic hydroxyl groups is 1. The lowest BCUT2D eigenvalue weighted by molar-refractivity contribution is -0.161. The van der Waals surface area contributed by atoms with Crippen LogP contribution in [-0.4, -0.2) is 96.7 Å². The molecular weight excluding hydrogens is 1290 g/mol. The van der Waals surface area contributed by atoms with Crippen LogP contribution in [0.4, 0.5) is 0 Å². The average molecular weight is 1450 g/mol. The molecule has 0 aromatic rings. The minimum absolute atomic E-state index is 0.101. The van der Waals surface area contributed by atoms with Gasteiger partial charge in [0, 0.05) is 25.7 Å². The summed E-state index contributed by atoms with van der Waals surface area (Å²) in [7, 11) is -9.93. The summed E-state index contributed by atoms with van der Waals surface area (Å²) in [5, 5.41) is 10.6. The van der Waals surface area contributed by atoms with Crippen molar-refractivity contribution in [2.24, 2.45) is 11.8 Å². The molecule has 0 aliphatic carbocycles. The highest BCUT2D eigenvalue weighted by molar-refractivity contribution is 7.47. The van der Waals surface area contributed by atoms with Crippen molar-refractivity contribution in [2.75, 3.05) is 39.6 Å². The van der Waals surface area contributed by atoms with Gasteiger partial charge in [-0.15, -0.1) is 0 Å². The highest BCUT2D eigenvalue weighted by atomic mass is 31.2. The molecule has 2 unspecified atom stereocenters. The summed E-state index contributed by atoms with van der Waals surface area (Å²) >= 11 is 0. The molecule has 0 rings (SSSR count). The van der Waals surface area contributed by atoms with Crippen molar-refractivity contribution in [1.82, 2.24) is 0 Å². The number of phosphoric acid groups is 2. The second kappa shape index (κ2) is 71.2. The van der Waals surface area contributed by atoms with Gasteiger partial charge in [-0.05, 0) is 63.2 Å². The zero-order chi connectivity index (χ0) is 72.8. The van der Waals surface area contributed by atoms with E-state index in [1.54, 1.807) is 0 Å². The van der Waals surface area contributed by atoms with Gasteiger partial charge in [-0.2, -0.15) is 0 Å². The van der Waals surface area contributed by atoms with Crippen LogP contribution < -0.4 is 0 Å². The van der Waals surface area contributed by atoms with Gasteiger partial charge in [-0.1, -0.05) is 342 Å². The largest absolute Gasteiger partial charge is 0.472 e. The van der Waals surface area contributed by atoms with Crippen LogP contribution in [-0.2, 0) is 65.4 Å². The summed E-state index contributed by atoms with van der Waals surface area (Å²) in [6, 6.07) is 0. The summed E-state index contributed by atoms with van der Waals surface area (Å²) in [5.74, 6) is -0.622. The fourth-order valence-corrected chi connectivity index (χ4v) is 13.4. The number of phosphoric ester groups is 2. The SMILES string of the molecule is CCCCCC/C=C\C=C/CCCCCCCC(=O)OC[C@H](COP(=O)(O)OC[C@@H](O)COP(=O)(O)OC[C@@H](COC(=O)CCCCCCCCCCCC(C)C)OC(=O)CCCCCCCCCCCCCCC(C)C)OC(=O)CCCCCCCCCCCCCCCCCCC. The number of allylic oxidation sites excluding steroid dienone is 4. The van der Waals surface area contributed by atoms with E-state index in [1.807, 2.05) is 0 Å². The molecule has 19 heteroatoms. The highest BCUT2D eigenvalue weighted by Gasteiger charge is 2.30. The van der Waals surface area contributed by atoms with Crippen molar-refractivity contribution in [3.63, 3.8) is 0 Å². The van der Waals surface area contributed by atoms with Gasteiger partial charge < -0.3 is 33.8 Å². The number of esters is 4. The van der Waals surface area contributed by atoms with E-state index in [4.69, 9.17) is 37.0 Å². The van der Waals surface area contributed by atoms with Gasteiger partial charge in [0.1, 0.15) is 19.3 Å². The fourth-order valence-electron chi connectivity index (χ4n) is 11.8. The number of hydrogen-bond acceptors (Lipinski definition) is 15. The Balaban J connectivity index is 5.30. The number of carbonyl (C=O) groups excluding carboxylic acids is 4. The molecule has 99 heavy (non-hydrogen) atoms. The molecule has 0 bridgehead atoms. The molecule has 0 aliphatic heterocycles. The summed E-state index contributed by atoms with van der Waals surface area (Å²) in [6.07, 6.45) is 63.1. The molecule has 0 saturated heterocycles. The number of aliphatic hydroxyl groups excluding tert-OH is 1. The third-order valence-electron chi connectivity index (χ3n) is 18.1. The zero-order valence-corrected chi connectivity index (χ0v) is 66.1. The molecule has 5 atom stereocenters. The Hall–Kier alpha value is -2.46. The van der Waals surface area contributed by atoms with Crippen molar-refractivity contribution in [3.05, 3.63) is 24.3 Å². The number of unbranched alkanes of at least 4 members (excludes halogenated alkanes) is 44. The Morgan fingerprint density at radius 2 is 0.545 bits per heavy atom. The normalized spacial score (nSPS) is 14.1. The summed E-state index contributed by atoms with van der Waals surface area (Å²) in [5.41, 5.74) is 0. The molecule has 0 aliphatic rings. The first-order valence-electron chi connectivity index (χ1n) is 40.8. The Morgan fingerprint density at radius 3 is 0.828 bits per heavy atom. The second-order valence-corrected chi connectivity index (χ2v) is 32.0. The standard InChI is InChI=1S/C80H152O17P2/c1-7-9-11-13-15-17-19-21-23-24-26-28-33-39-46-52-58-64-79(84)96-75(68-90-77(82)62-56-50-44-38-32-27-25-22-20-18-16-14-12-10-8-2)70-94-98(86,87)92-66-74(81)67-93-99(88,89)95-71-76(69-91-78(83)63-57-51-45-41-35-37-43-49-55-61-73(5)6)97-80(85)65-59-53-47-40-34-30-29-31-36-42-48-54-60-72(3)4/h18,20,22,25,72-76,81H,7-17,19,21,23-24,26-71H2,1-6H3,(H,86,87)(H,88,89)/b20-18-,25-22-/t74-,75-,76-/m1/s1. The van der Waals surface area contributed by atoms with Crippen LogP contribution in [0.5, 0.6) is 0 Å². The van der Waals surface area contributed by atoms with E-state index >= 15 is 0 Å². The first kappa shape index (κ1) is 96.5. The van der Waals surface area contributed by atoms with Crippen molar-refractivity contribution in [3.8, 4) is 0 Å². The van der Waals surface area contributed by atoms with Crippen LogP contribution in [0.25, 0.3) is 0 Å². The molecule has 0 fully saturated rings. The van der Waals surface area contributed by atoms with E-state index in [1.165, 1.54) is 193 Å². The Bertz CT molecular complexity index is 2000. The van der Waals surface area contributed by atoms with E-state index in [0.29, 0.717) is 25.7 Å². The predicted octanol–water partition coefficient (Wildman–Crippen LogP) is 23.4. The molecule has 0 spiro atoms. The number of hydrogen-bond donors (Lipinski definition) is 3. The lowest BCUT2D eigenvalue weighted by Crippen LogP contribution is -2.30. The van der Waals surface area contributed by atoms with Crippen LogP contribution in [0.15, 0.2) is 24.3 Å². The third-order valence-corrected chi connectivity index (χ3v) is 20.0. The smallest absolute Gasteiger partial charge is 0.462 e.